The third kappa shape index (κ3) is 7.74. The van der Waals surface area contributed by atoms with Crippen LogP contribution in [0.5, 0.6) is 5.75 Å². The molecule has 2 aliphatic heterocycles. The Hall–Kier alpha value is -6.38. The van der Waals surface area contributed by atoms with Gasteiger partial charge in [0.05, 0.1) is 6.54 Å². The van der Waals surface area contributed by atoms with E-state index in [0.717, 1.165) is 30.9 Å². The largest absolute Gasteiger partial charge is 0.488 e. The Morgan fingerprint density at radius 3 is 2.39 bits per heavy atom. The molecule has 4 amide bonds. The lowest BCUT2D eigenvalue weighted by Crippen LogP contribution is -2.53. The van der Waals surface area contributed by atoms with Crippen LogP contribution in [0.15, 0.2) is 53.3 Å². The van der Waals surface area contributed by atoms with Crippen molar-refractivity contribution in [3.63, 3.8) is 0 Å². The number of amides is 4. The van der Waals surface area contributed by atoms with Crippen LogP contribution in [-0.4, -0.2) is 85.0 Å². The van der Waals surface area contributed by atoms with Crippen LogP contribution in [0.25, 0.3) is 22.6 Å². The molecule has 56 heavy (non-hydrogen) atoms. The van der Waals surface area contributed by atoms with Gasteiger partial charge < -0.3 is 14.6 Å². The summed E-state index contributed by atoms with van der Waals surface area (Å²) in [5, 5.41) is 14.3. The molecule has 0 unspecified atom stereocenters. The van der Waals surface area contributed by atoms with Gasteiger partial charge in [0.15, 0.2) is 29.0 Å². The number of imide groups is 1. The maximum Gasteiger partial charge on any atom is 0.401 e. The first-order valence-electron chi connectivity index (χ1n) is 16.9. The molecule has 5 aromatic rings. The molecule has 0 radical (unpaired) electrons. The van der Waals surface area contributed by atoms with E-state index in [4.69, 9.17) is 9.26 Å². The van der Waals surface area contributed by atoms with E-state index < -0.39 is 58.4 Å². The van der Waals surface area contributed by atoms with Gasteiger partial charge in [0.25, 0.3) is 5.91 Å². The van der Waals surface area contributed by atoms with Crippen molar-refractivity contribution >= 4 is 23.5 Å². The highest BCUT2D eigenvalue weighted by Gasteiger charge is 2.51. The average Bonchev–Trinajstić information content (AvgIpc) is 3.82. The van der Waals surface area contributed by atoms with E-state index in [1.807, 2.05) is 10.2 Å². The second-order valence-corrected chi connectivity index (χ2v) is 13.5. The van der Waals surface area contributed by atoms with Crippen molar-refractivity contribution in [1.29, 1.82) is 0 Å². The zero-order valence-corrected chi connectivity index (χ0v) is 29.4. The summed E-state index contributed by atoms with van der Waals surface area (Å²) in [4.78, 5) is 51.0. The Bertz CT molecular complexity index is 2280. The molecule has 2 aromatic carbocycles. The fourth-order valence-electron chi connectivity index (χ4n) is 5.83. The van der Waals surface area contributed by atoms with E-state index in [1.54, 1.807) is 12.1 Å². The van der Waals surface area contributed by atoms with Crippen LogP contribution in [0.3, 0.4) is 0 Å². The summed E-state index contributed by atoms with van der Waals surface area (Å²) in [6.45, 7) is 2.62. The summed E-state index contributed by atoms with van der Waals surface area (Å²) in [6.07, 6.45) is -2.32. The molecule has 0 atom stereocenters. The number of ether oxygens (including phenoxy) is 1. The van der Waals surface area contributed by atoms with E-state index in [0.29, 0.717) is 30.8 Å². The summed E-state index contributed by atoms with van der Waals surface area (Å²) in [5.41, 5.74) is -1.54. The van der Waals surface area contributed by atoms with Crippen molar-refractivity contribution < 1.29 is 50.0 Å². The lowest BCUT2D eigenvalue weighted by Gasteiger charge is -2.39. The number of anilines is 1. The van der Waals surface area contributed by atoms with Gasteiger partial charge in [0.1, 0.15) is 34.6 Å². The van der Waals surface area contributed by atoms with Crippen LogP contribution in [0.1, 0.15) is 48.0 Å². The normalized spacial score (nSPS) is 15.5. The van der Waals surface area contributed by atoms with Crippen LogP contribution in [0, 0.1) is 17.5 Å². The van der Waals surface area contributed by atoms with Crippen LogP contribution in [-0.2, 0) is 23.3 Å². The lowest BCUT2D eigenvalue weighted by molar-refractivity contribution is -0.182. The molecule has 0 aliphatic carbocycles. The number of rotatable bonds is 11. The molecule has 7 rings (SSSR count). The van der Waals surface area contributed by atoms with Crippen molar-refractivity contribution in [3.8, 4) is 28.4 Å². The van der Waals surface area contributed by atoms with Gasteiger partial charge >= 0.3 is 12.2 Å². The van der Waals surface area contributed by atoms with Gasteiger partial charge in [-0.25, -0.2) is 32.9 Å². The number of hydrogen-bond donors (Lipinski definition) is 3. The molecule has 2 saturated heterocycles. The zero-order valence-electron chi connectivity index (χ0n) is 29.4. The highest BCUT2D eigenvalue weighted by Crippen LogP contribution is 2.38. The zero-order chi connectivity index (χ0) is 39.9. The molecule has 3 aromatic heterocycles. The summed E-state index contributed by atoms with van der Waals surface area (Å²) < 4.78 is 95.5. The third-order valence-electron chi connectivity index (χ3n) is 9.12. The summed E-state index contributed by atoms with van der Waals surface area (Å²) >= 11 is 0. The number of hydrogen-bond acceptors (Lipinski definition) is 11. The van der Waals surface area contributed by atoms with Crippen LogP contribution < -0.4 is 20.3 Å². The predicted octanol–water partition coefficient (Wildman–Crippen LogP) is 4.81. The van der Waals surface area contributed by atoms with E-state index in [9.17, 15) is 36.3 Å². The van der Waals surface area contributed by atoms with Crippen LogP contribution in [0.4, 0.5) is 36.8 Å². The monoisotopic (exact) mass is 784 g/mol. The molecule has 292 valence electrons. The number of H-pyrrole nitrogens is 1. The first-order chi connectivity index (χ1) is 26.5. The van der Waals surface area contributed by atoms with Gasteiger partial charge in [-0.3, -0.25) is 29.8 Å². The standard InChI is InChI=1S/C35H30F6N10O5/c1-34(2,35(39,40)41)32-45-27(47-48-32)13-44-31(53)26-10-25(49-56-26)30-42-11-18(12-43-30)21-4-3-17(7-22(21)36)14-50-15-20(16-50)55-19-8-23(37)29(24(38)9-19)51-6-5-28(52)46-33(51)54/h3-4,7-12,20H,5-6,13-16H2,1-2H3,(H,44,53)(H,45,47,48)(H,46,52,54). The first kappa shape index (κ1) is 37.9. The maximum absolute atomic E-state index is 15.2. The molecule has 5 heterocycles. The average molecular weight is 785 g/mol. The number of carbonyl (C=O) groups excluding carboxylic acids is 3. The Morgan fingerprint density at radius 1 is 1.02 bits per heavy atom. The SMILES string of the molecule is CC(C)(c1n[nH]c(CNC(=O)c2cc(-c3ncc(-c4ccc(CN5CC(Oc6cc(F)c(N7CCC(=O)NC7=O)c(F)c6)C5)cc4F)cn3)no2)n1)C(F)(F)F. The fourth-order valence-corrected chi connectivity index (χ4v) is 5.83. The molecule has 3 N–H and O–H groups in total. The number of alkyl halides is 3. The minimum absolute atomic E-state index is 0.00518. The second-order valence-electron chi connectivity index (χ2n) is 13.5. The Balaban J connectivity index is 0.900. The van der Waals surface area contributed by atoms with E-state index in [1.165, 1.54) is 24.5 Å². The van der Waals surface area contributed by atoms with Gasteiger partial charge in [0, 0.05) is 74.3 Å². The molecule has 0 spiro atoms. The molecule has 2 fully saturated rings. The molecule has 0 bridgehead atoms. The lowest BCUT2D eigenvalue weighted by atomic mass is 9.92. The summed E-state index contributed by atoms with van der Waals surface area (Å²) in [6, 6.07) is 6.97. The van der Waals surface area contributed by atoms with E-state index >= 15 is 4.39 Å². The summed E-state index contributed by atoms with van der Waals surface area (Å²) in [7, 11) is 0. The van der Waals surface area contributed by atoms with Crippen molar-refractivity contribution in [3.05, 3.63) is 89.2 Å². The molecule has 0 saturated carbocycles. The number of benzene rings is 2. The maximum atomic E-state index is 15.2. The smallest absolute Gasteiger partial charge is 0.401 e. The highest BCUT2D eigenvalue weighted by atomic mass is 19.4. The van der Waals surface area contributed by atoms with Gasteiger partial charge in [-0.2, -0.15) is 18.3 Å². The van der Waals surface area contributed by atoms with Crippen LogP contribution >= 0.6 is 0 Å². The van der Waals surface area contributed by atoms with Gasteiger partial charge in [-0.15, -0.1) is 0 Å². The number of aromatic nitrogens is 6. The molecule has 21 heteroatoms. The molecule has 2 aliphatic rings. The molecular formula is C35H30F6N10O5. The highest BCUT2D eigenvalue weighted by molar-refractivity contribution is 6.05. The quantitative estimate of drug-likeness (QED) is 0.156. The molecular weight excluding hydrogens is 754 g/mol. The van der Waals surface area contributed by atoms with Crippen molar-refractivity contribution in [2.24, 2.45) is 0 Å². The Kier molecular flexibility index (Phi) is 9.95. The number of halogens is 6. The van der Waals surface area contributed by atoms with Crippen LogP contribution in [0.2, 0.25) is 0 Å². The predicted molar refractivity (Wildman–Crippen MR) is 181 cm³/mol. The van der Waals surface area contributed by atoms with E-state index in [-0.39, 0.29) is 60.0 Å². The number of nitrogens with zero attached hydrogens (tertiary/aromatic N) is 7. The molecule has 15 nitrogen and oxygen atoms in total. The number of likely N-dealkylation sites (tertiary alicyclic amines) is 1. The van der Waals surface area contributed by atoms with Crippen molar-refractivity contribution in [2.75, 3.05) is 24.5 Å². The minimum Gasteiger partial charge on any atom is -0.488 e. The van der Waals surface area contributed by atoms with Gasteiger partial charge in [0.2, 0.25) is 11.7 Å². The van der Waals surface area contributed by atoms with Crippen molar-refractivity contribution in [1.82, 2.24) is 45.8 Å². The third-order valence-corrected chi connectivity index (χ3v) is 9.12. The van der Waals surface area contributed by atoms with Gasteiger partial charge in [-0.05, 0) is 25.5 Å². The Morgan fingerprint density at radius 2 is 1.73 bits per heavy atom. The second kappa shape index (κ2) is 14.7. The fraction of sp³-hybridized carbons (Fsp3) is 0.314. The number of carbonyl (C=O) groups is 3. The van der Waals surface area contributed by atoms with Gasteiger partial charge in [-0.1, -0.05) is 17.3 Å². The van der Waals surface area contributed by atoms with Crippen molar-refractivity contribution in [2.45, 2.75) is 51.1 Å². The summed E-state index contributed by atoms with van der Waals surface area (Å²) in [5.74, 6) is -4.52. The topological polar surface area (TPSA) is 184 Å². The number of aromatic amines is 1. The Labute approximate surface area is 312 Å². The number of urea groups is 1. The number of nitrogens with one attached hydrogen (secondary N) is 3. The minimum atomic E-state index is -4.58. The first-order valence-corrected chi connectivity index (χ1v) is 16.9. The van der Waals surface area contributed by atoms with E-state index in [2.05, 4.69) is 35.6 Å².